The van der Waals surface area contributed by atoms with Crippen LogP contribution in [0.1, 0.15) is 18.9 Å². The number of hydrogen-bond donors (Lipinski definition) is 3. The van der Waals surface area contributed by atoms with Crippen LogP contribution in [0.5, 0.6) is 5.75 Å². The van der Waals surface area contributed by atoms with Crippen LogP contribution in [0.4, 0.5) is 0 Å². The van der Waals surface area contributed by atoms with Crippen molar-refractivity contribution in [3.05, 3.63) is 22.3 Å². The van der Waals surface area contributed by atoms with Gasteiger partial charge >= 0.3 is 5.97 Å². The zero-order chi connectivity index (χ0) is 14.1. The van der Waals surface area contributed by atoms with E-state index in [0.717, 1.165) is 16.3 Å². The third kappa shape index (κ3) is 3.82. The lowest BCUT2D eigenvalue weighted by atomic mass is 9.94. The fourth-order valence-electron chi connectivity index (χ4n) is 1.34. The number of hydrogen-bond acceptors (Lipinski definition) is 3. The van der Waals surface area contributed by atoms with E-state index >= 15 is 0 Å². The number of carboxylic acid groups (broad SMARTS) is 1. The Morgan fingerprint density at radius 3 is 2.44 bits per heavy atom. The molecule has 4 nitrogen and oxygen atoms in total. The van der Waals surface area contributed by atoms with Crippen molar-refractivity contribution in [3.8, 4) is 5.75 Å². The average molecular weight is 587 g/mol. The summed E-state index contributed by atoms with van der Waals surface area (Å²) in [5.41, 5.74) is 5.41. The number of carbonyl (C=O) groups is 1. The Kier molecular flexibility index (Phi) is 5.93. The van der Waals surface area contributed by atoms with Crippen LogP contribution in [0.25, 0.3) is 0 Å². The molecule has 0 fully saturated rings. The summed E-state index contributed by atoms with van der Waals surface area (Å²) in [7, 11) is 0. The minimum Gasteiger partial charge on any atom is -0.506 e. The number of phenols is 1. The van der Waals surface area contributed by atoms with E-state index in [1.165, 1.54) is 6.92 Å². The lowest BCUT2D eigenvalue weighted by Gasteiger charge is -2.20. The lowest BCUT2D eigenvalue weighted by molar-refractivity contribution is -0.142. The van der Waals surface area contributed by atoms with E-state index in [1.54, 1.807) is 0 Å². The van der Waals surface area contributed by atoms with E-state index in [9.17, 15) is 9.90 Å². The van der Waals surface area contributed by atoms with Crippen molar-refractivity contribution in [2.45, 2.75) is 25.3 Å². The van der Waals surface area contributed by atoms with Crippen LogP contribution in [0.3, 0.4) is 0 Å². The number of rotatable bonds is 4. The molecule has 0 unspecified atom stereocenters. The quantitative estimate of drug-likeness (QED) is 0.474. The van der Waals surface area contributed by atoms with E-state index < -0.39 is 11.5 Å². The highest BCUT2D eigenvalue weighted by atomic mass is 127. The molecule has 0 radical (unpaired) electrons. The van der Waals surface area contributed by atoms with Crippen LogP contribution in [0.2, 0.25) is 0 Å². The third-order valence-corrected chi connectivity index (χ3v) is 5.57. The predicted molar refractivity (Wildman–Crippen MR) is 94.8 cm³/mol. The van der Waals surface area contributed by atoms with Crippen LogP contribution in [-0.2, 0) is 11.2 Å². The molecule has 1 aromatic rings. The summed E-state index contributed by atoms with van der Waals surface area (Å²) in [5, 5.41) is 18.9. The zero-order valence-corrected chi connectivity index (χ0v) is 16.0. The van der Waals surface area contributed by atoms with Crippen molar-refractivity contribution in [3.63, 3.8) is 0 Å². The van der Waals surface area contributed by atoms with E-state index in [4.69, 9.17) is 10.8 Å². The molecule has 0 aromatic heterocycles. The first-order valence-electron chi connectivity index (χ1n) is 5.04. The molecule has 4 N–H and O–H groups in total. The molecule has 0 aliphatic carbocycles. The summed E-state index contributed by atoms with van der Waals surface area (Å²) in [6.07, 6.45) is 0.856. The van der Waals surface area contributed by atoms with Gasteiger partial charge < -0.3 is 15.9 Å². The van der Waals surface area contributed by atoms with E-state index in [0.29, 0.717) is 12.8 Å². The maximum Gasteiger partial charge on any atom is 0.323 e. The number of aromatic hydroxyl groups is 1. The van der Waals surface area contributed by atoms with Gasteiger partial charge in [-0.25, -0.2) is 0 Å². The number of nitrogens with two attached hydrogens (primary N) is 1. The van der Waals surface area contributed by atoms with Crippen LogP contribution in [-0.4, -0.2) is 21.7 Å². The molecule has 1 atom stereocenters. The molecular weight excluding hydrogens is 575 g/mol. The maximum absolute atomic E-state index is 11.0. The first-order valence-corrected chi connectivity index (χ1v) is 8.28. The van der Waals surface area contributed by atoms with Crippen molar-refractivity contribution in [1.82, 2.24) is 0 Å². The second-order valence-electron chi connectivity index (χ2n) is 4.20. The first kappa shape index (κ1) is 16.7. The van der Waals surface area contributed by atoms with Gasteiger partial charge in [-0.2, -0.15) is 0 Å². The van der Waals surface area contributed by atoms with Gasteiger partial charge in [0.15, 0.2) is 0 Å². The van der Waals surface area contributed by atoms with Gasteiger partial charge in [-0.1, -0.05) is 0 Å². The summed E-state index contributed by atoms with van der Waals surface area (Å²) in [6.45, 7) is 1.50. The molecule has 0 aliphatic heterocycles. The molecule has 0 bridgehead atoms. The minimum atomic E-state index is -1.25. The summed E-state index contributed by atoms with van der Waals surface area (Å²) in [4.78, 5) is 11.0. The molecule has 0 saturated carbocycles. The largest absolute Gasteiger partial charge is 0.506 e. The molecule has 7 heteroatoms. The number of benzene rings is 1. The minimum absolute atomic E-state index is 0.251. The summed E-state index contributed by atoms with van der Waals surface area (Å²) < 4.78 is 2.57. The Hall–Kier alpha value is 0.640. The van der Waals surface area contributed by atoms with E-state index in [2.05, 4.69) is 67.8 Å². The maximum atomic E-state index is 11.0. The Balaban J connectivity index is 3.00. The second kappa shape index (κ2) is 6.39. The average Bonchev–Trinajstić information content (AvgIpc) is 2.25. The third-order valence-electron chi connectivity index (χ3n) is 2.62. The van der Waals surface area contributed by atoms with Crippen LogP contribution in [0.15, 0.2) is 6.07 Å². The number of phenolic OH excluding ortho intramolecular Hbond substituents is 1. The Labute approximate surface area is 146 Å². The number of aliphatic carboxylic acids is 1. The van der Waals surface area contributed by atoms with Gasteiger partial charge in [-0.3, -0.25) is 4.79 Å². The highest BCUT2D eigenvalue weighted by molar-refractivity contribution is 14.1. The van der Waals surface area contributed by atoms with Gasteiger partial charge in [-0.05, 0) is 99.2 Å². The predicted octanol–water partition coefficient (Wildman–Crippen LogP) is 2.94. The molecule has 100 valence electrons. The summed E-state index contributed by atoms with van der Waals surface area (Å²) in [6, 6.07) is 1.88. The number of carboxylic acids is 1. The van der Waals surface area contributed by atoms with Crippen molar-refractivity contribution in [2.75, 3.05) is 0 Å². The summed E-state index contributed by atoms with van der Waals surface area (Å²) >= 11 is 6.33. The SMILES string of the molecule is C[C@@](N)(CCc1c(I)cc(I)c(O)c1I)C(=O)O. The van der Waals surface area contributed by atoms with Gasteiger partial charge in [0.1, 0.15) is 11.3 Å². The van der Waals surface area contributed by atoms with Crippen LogP contribution < -0.4 is 5.73 Å². The van der Waals surface area contributed by atoms with Crippen molar-refractivity contribution in [2.24, 2.45) is 5.73 Å². The molecule has 0 aliphatic rings. The van der Waals surface area contributed by atoms with Crippen LogP contribution >= 0.6 is 67.8 Å². The van der Waals surface area contributed by atoms with Gasteiger partial charge in [0.05, 0.1) is 7.14 Å². The Morgan fingerprint density at radius 1 is 1.39 bits per heavy atom. The molecule has 0 saturated heterocycles. The van der Waals surface area contributed by atoms with Gasteiger partial charge in [-0.15, -0.1) is 0 Å². The Bertz CT molecular complexity index is 489. The monoisotopic (exact) mass is 587 g/mol. The van der Waals surface area contributed by atoms with Gasteiger partial charge in [0.25, 0.3) is 0 Å². The second-order valence-corrected chi connectivity index (χ2v) is 7.61. The van der Waals surface area contributed by atoms with E-state index in [1.807, 2.05) is 6.07 Å². The summed E-state index contributed by atoms with van der Waals surface area (Å²) in [5.74, 6) is -0.761. The van der Waals surface area contributed by atoms with Gasteiger partial charge in [0, 0.05) is 3.57 Å². The topological polar surface area (TPSA) is 83.5 Å². The van der Waals surface area contributed by atoms with Gasteiger partial charge in [0.2, 0.25) is 0 Å². The molecule has 0 amide bonds. The zero-order valence-electron chi connectivity index (χ0n) is 9.51. The Morgan fingerprint density at radius 2 is 1.94 bits per heavy atom. The fourth-order valence-corrected chi connectivity index (χ4v) is 5.25. The molecular formula is C11H12I3NO3. The van der Waals surface area contributed by atoms with Crippen molar-refractivity contribution >= 4 is 73.7 Å². The fraction of sp³-hybridized carbons (Fsp3) is 0.364. The standard InChI is InChI=1S/C11H12I3NO3/c1-11(15,10(17)18)3-2-5-6(12)4-7(13)9(16)8(5)14/h4,16H,2-3,15H2,1H3,(H,17,18)/t11-/m1/s1. The normalized spacial score (nSPS) is 14.3. The molecule has 0 heterocycles. The molecule has 0 spiro atoms. The molecule has 18 heavy (non-hydrogen) atoms. The number of halogens is 3. The lowest BCUT2D eigenvalue weighted by Crippen LogP contribution is -2.45. The van der Waals surface area contributed by atoms with Crippen molar-refractivity contribution < 1.29 is 15.0 Å². The van der Waals surface area contributed by atoms with E-state index in [-0.39, 0.29) is 5.75 Å². The highest BCUT2D eigenvalue weighted by Gasteiger charge is 2.28. The molecule has 1 aromatic carbocycles. The smallest absolute Gasteiger partial charge is 0.323 e. The highest BCUT2D eigenvalue weighted by Crippen LogP contribution is 2.33. The van der Waals surface area contributed by atoms with Crippen LogP contribution in [0, 0.1) is 10.7 Å². The molecule has 1 rings (SSSR count). The van der Waals surface area contributed by atoms with Crippen molar-refractivity contribution in [1.29, 1.82) is 0 Å². The first-order chi connectivity index (χ1) is 8.16.